The first-order valence-electron chi connectivity index (χ1n) is 9.93. The molecule has 0 aliphatic carbocycles. The van der Waals surface area contributed by atoms with Gasteiger partial charge in [-0.1, -0.05) is 0 Å². The number of rotatable bonds is 5. The van der Waals surface area contributed by atoms with Crippen molar-refractivity contribution in [2.45, 2.75) is 33.6 Å². The Hall–Kier alpha value is -3.95. The predicted molar refractivity (Wildman–Crippen MR) is 112 cm³/mol. The molecule has 4 aromatic rings. The van der Waals surface area contributed by atoms with Crippen molar-refractivity contribution in [3.63, 3.8) is 0 Å². The van der Waals surface area contributed by atoms with E-state index in [9.17, 15) is 4.79 Å². The van der Waals surface area contributed by atoms with Gasteiger partial charge in [0.1, 0.15) is 0 Å². The van der Waals surface area contributed by atoms with Crippen LogP contribution in [0.4, 0.5) is 5.69 Å². The number of benzene rings is 1. The molecule has 1 N–H and O–H groups in total. The summed E-state index contributed by atoms with van der Waals surface area (Å²) in [6.07, 6.45) is 0.904. The van der Waals surface area contributed by atoms with Gasteiger partial charge >= 0.3 is 0 Å². The molecule has 0 saturated carbocycles. The van der Waals surface area contributed by atoms with Gasteiger partial charge in [-0.2, -0.15) is 9.61 Å². The van der Waals surface area contributed by atoms with Crippen molar-refractivity contribution in [1.29, 1.82) is 0 Å². The highest BCUT2D eigenvalue weighted by Crippen LogP contribution is 2.34. The second-order valence-corrected chi connectivity index (χ2v) is 7.39. The van der Waals surface area contributed by atoms with E-state index in [0.29, 0.717) is 47.3 Å². The van der Waals surface area contributed by atoms with Gasteiger partial charge < -0.3 is 14.8 Å². The fraction of sp³-hybridized carbons (Fsp3) is 0.286. The third kappa shape index (κ3) is 3.45. The number of nitrogens with zero attached hydrogens (tertiary/aromatic N) is 6. The number of ether oxygens (including phenoxy) is 2. The predicted octanol–water partition coefficient (Wildman–Crippen LogP) is 2.54. The van der Waals surface area contributed by atoms with E-state index in [1.54, 1.807) is 27.4 Å². The molecule has 10 heteroatoms. The summed E-state index contributed by atoms with van der Waals surface area (Å²) >= 11 is 0. The van der Waals surface area contributed by atoms with Crippen LogP contribution in [0.25, 0.3) is 11.5 Å². The minimum atomic E-state index is -0.0786. The summed E-state index contributed by atoms with van der Waals surface area (Å²) in [4.78, 5) is 12.5. The number of hydrogen-bond donors (Lipinski definition) is 1. The second kappa shape index (κ2) is 7.38. The van der Waals surface area contributed by atoms with Crippen LogP contribution in [0.1, 0.15) is 29.2 Å². The van der Waals surface area contributed by atoms with Crippen molar-refractivity contribution >= 4 is 17.2 Å². The molecule has 4 heterocycles. The largest absolute Gasteiger partial charge is 0.454 e. The number of hydrogen-bond acceptors (Lipinski definition) is 7. The molecule has 0 unspecified atom stereocenters. The van der Waals surface area contributed by atoms with Crippen LogP contribution in [0.2, 0.25) is 0 Å². The zero-order chi connectivity index (χ0) is 21.5. The quantitative estimate of drug-likeness (QED) is 0.529. The first-order chi connectivity index (χ1) is 15.0. The first kappa shape index (κ1) is 19.0. The average molecular weight is 419 g/mol. The molecule has 1 amide bonds. The summed E-state index contributed by atoms with van der Waals surface area (Å²) in [5.41, 5.74) is 4.22. The van der Waals surface area contributed by atoms with Gasteiger partial charge in [0.25, 0.3) is 0 Å². The van der Waals surface area contributed by atoms with E-state index in [1.807, 2.05) is 32.9 Å². The van der Waals surface area contributed by atoms with Crippen LogP contribution in [0.15, 0.2) is 30.3 Å². The maximum absolute atomic E-state index is 12.5. The molecule has 158 valence electrons. The second-order valence-electron chi connectivity index (χ2n) is 7.39. The molecular formula is C21H21N7O3. The zero-order valence-corrected chi connectivity index (χ0v) is 17.4. The molecule has 0 spiro atoms. The Kier molecular flexibility index (Phi) is 4.54. The lowest BCUT2D eigenvalue weighted by Gasteiger charge is -2.07. The highest BCUT2D eigenvalue weighted by atomic mass is 16.7. The van der Waals surface area contributed by atoms with Crippen LogP contribution in [-0.4, -0.2) is 42.3 Å². The third-order valence-electron chi connectivity index (χ3n) is 5.32. The lowest BCUT2D eigenvalue weighted by molar-refractivity contribution is -0.116. The standard InChI is InChI=1S/C21H21N7O3/c1-12-16(5-9-21(29)22-15-4-6-17-18(10-15)31-11-30-17)13(2)27(25-12)20-8-7-19-24-23-14(3)28(19)26-20/h4,6-8,10H,5,9,11H2,1-3H3,(H,22,29). The molecule has 1 aromatic carbocycles. The monoisotopic (exact) mass is 419 g/mol. The maximum atomic E-state index is 12.5. The summed E-state index contributed by atoms with van der Waals surface area (Å²) in [6, 6.07) is 9.08. The number of carbonyl (C=O) groups excluding carboxylic acids is 1. The minimum absolute atomic E-state index is 0.0786. The van der Waals surface area contributed by atoms with E-state index in [-0.39, 0.29) is 12.7 Å². The fourth-order valence-electron chi connectivity index (χ4n) is 3.70. The molecular weight excluding hydrogens is 398 g/mol. The van der Waals surface area contributed by atoms with Gasteiger partial charge in [-0.05, 0) is 57.0 Å². The highest BCUT2D eigenvalue weighted by Gasteiger charge is 2.17. The lowest BCUT2D eigenvalue weighted by Crippen LogP contribution is -2.12. The van der Waals surface area contributed by atoms with Crippen molar-refractivity contribution in [3.05, 3.63) is 53.1 Å². The number of fused-ring (bicyclic) bond motifs is 2. The summed E-state index contributed by atoms with van der Waals surface area (Å²) < 4.78 is 14.1. The summed E-state index contributed by atoms with van der Waals surface area (Å²) in [5.74, 6) is 2.62. The Morgan fingerprint density at radius 1 is 1.06 bits per heavy atom. The van der Waals surface area contributed by atoms with Crippen LogP contribution in [0, 0.1) is 20.8 Å². The number of aromatic nitrogens is 6. The van der Waals surface area contributed by atoms with Gasteiger partial charge in [0, 0.05) is 23.9 Å². The van der Waals surface area contributed by atoms with Crippen molar-refractivity contribution in [2.75, 3.05) is 12.1 Å². The molecule has 0 saturated heterocycles. The van der Waals surface area contributed by atoms with Crippen LogP contribution in [0.3, 0.4) is 0 Å². The molecule has 31 heavy (non-hydrogen) atoms. The fourth-order valence-corrected chi connectivity index (χ4v) is 3.70. The van der Waals surface area contributed by atoms with Gasteiger partial charge in [0.05, 0.1) is 5.69 Å². The SMILES string of the molecule is Cc1nn(-c2ccc3nnc(C)n3n2)c(C)c1CCC(=O)Nc1ccc2c(c1)OCO2. The molecule has 10 nitrogen and oxygen atoms in total. The molecule has 0 radical (unpaired) electrons. The maximum Gasteiger partial charge on any atom is 0.231 e. The van der Waals surface area contributed by atoms with Crippen LogP contribution in [-0.2, 0) is 11.2 Å². The van der Waals surface area contributed by atoms with E-state index < -0.39 is 0 Å². The van der Waals surface area contributed by atoms with E-state index in [1.165, 1.54) is 0 Å². The Bertz CT molecular complexity index is 1310. The van der Waals surface area contributed by atoms with Crippen molar-refractivity contribution in [2.24, 2.45) is 0 Å². The molecule has 5 rings (SSSR count). The van der Waals surface area contributed by atoms with E-state index >= 15 is 0 Å². The Morgan fingerprint density at radius 3 is 2.77 bits per heavy atom. The van der Waals surface area contributed by atoms with Gasteiger partial charge in [-0.15, -0.1) is 15.3 Å². The summed E-state index contributed by atoms with van der Waals surface area (Å²) in [5, 5.41) is 20.2. The molecule has 1 aliphatic heterocycles. The molecule has 3 aromatic heterocycles. The van der Waals surface area contributed by atoms with Crippen LogP contribution in [0.5, 0.6) is 11.5 Å². The van der Waals surface area contributed by atoms with Crippen LogP contribution < -0.4 is 14.8 Å². The summed E-state index contributed by atoms with van der Waals surface area (Å²) in [7, 11) is 0. The molecule has 0 atom stereocenters. The van der Waals surface area contributed by atoms with Gasteiger partial charge in [-0.3, -0.25) is 4.79 Å². The van der Waals surface area contributed by atoms with Gasteiger partial charge in [-0.25, -0.2) is 4.68 Å². The first-order valence-corrected chi connectivity index (χ1v) is 9.93. The number of anilines is 1. The van der Waals surface area contributed by atoms with Gasteiger partial charge in [0.15, 0.2) is 28.8 Å². The lowest BCUT2D eigenvalue weighted by atomic mass is 10.1. The van der Waals surface area contributed by atoms with Gasteiger partial charge in [0.2, 0.25) is 12.7 Å². The average Bonchev–Trinajstić information content (AvgIpc) is 3.44. The van der Waals surface area contributed by atoms with E-state index in [0.717, 1.165) is 17.0 Å². The Balaban J connectivity index is 1.31. The number of aryl methyl sites for hydroxylation is 2. The summed E-state index contributed by atoms with van der Waals surface area (Å²) in [6.45, 7) is 5.98. The highest BCUT2D eigenvalue weighted by molar-refractivity contribution is 5.91. The molecule has 0 bridgehead atoms. The van der Waals surface area contributed by atoms with Crippen molar-refractivity contribution in [3.8, 4) is 17.3 Å². The van der Waals surface area contributed by atoms with E-state index in [4.69, 9.17) is 9.47 Å². The normalized spacial score (nSPS) is 12.5. The molecule has 0 fully saturated rings. The zero-order valence-electron chi connectivity index (χ0n) is 17.4. The number of carbonyl (C=O) groups is 1. The van der Waals surface area contributed by atoms with E-state index in [2.05, 4.69) is 25.7 Å². The topological polar surface area (TPSA) is 108 Å². The minimum Gasteiger partial charge on any atom is -0.454 e. The van der Waals surface area contributed by atoms with Crippen molar-refractivity contribution < 1.29 is 14.3 Å². The van der Waals surface area contributed by atoms with Crippen LogP contribution >= 0.6 is 0 Å². The van der Waals surface area contributed by atoms with Crippen molar-refractivity contribution in [1.82, 2.24) is 29.6 Å². The Morgan fingerprint density at radius 2 is 1.90 bits per heavy atom. The number of nitrogens with one attached hydrogen (secondary N) is 1. The number of amides is 1. The third-order valence-corrected chi connectivity index (χ3v) is 5.32. The Labute approximate surface area is 177 Å². The molecule has 1 aliphatic rings. The smallest absolute Gasteiger partial charge is 0.231 e.